The quantitative estimate of drug-likeness (QED) is 0.206. The van der Waals surface area contributed by atoms with Gasteiger partial charge < -0.3 is 13.6 Å². The molecule has 0 amide bonds. The summed E-state index contributed by atoms with van der Waals surface area (Å²) < 4.78 is 11.3. The van der Waals surface area contributed by atoms with E-state index in [1.807, 2.05) is 18.2 Å². The van der Waals surface area contributed by atoms with Crippen molar-refractivity contribution in [3.8, 4) is 22.5 Å². The summed E-state index contributed by atoms with van der Waals surface area (Å²) in [7, 11) is 0. The third kappa shape index (κ3) is 3.42. The molecule has 0 saturated carbocycles. The zero-order chi connectivity index (χ0) is 29.5. The summed E-state index contributed by atoms with van der Waals surface area (Å²) >= 11 is 0. The molecule has 0 N–H and O–H groups in total. The van der Waals surface area contributed by atoms with Gasteiger partial charge in [-0.05, 0) is 72.3 Å². The Morgan fingerprint density at radius 2 is 1.09 bits per heavy atom. The molecule has 3 heterocycles. The molecule has 7 aromatic carbocycles. The standard InChI is InChI=1S/C42H24N2O/c1-2-12-28(13-3-1)43-39-20-10-6-16-32(39)35-24-27(22-23-40(35)43)34-25-29(26-36-33-17-7-11-21-41(33)45-42(34)36)44-37-18-8-4-14-30(37)31-15-5-9-19-38(31)44/h1-2,4-12,14-26H. The van der Waals surface area contributed by atoms with Crippen LogP contribution in [0.5, 0.6) is 0 Å². The summed E-state index contributed by atoms with van der Waals surface area (Å²) in [5, 5.41) is 7.10. The lowest BCUT2D eigenvalue weighted by Crippen LogP contribution is -1.95. The zero-order valence-corrected chi connectivity index (χ0v) is 24.2. The van der Waals surface area contributed by atoms with E-state index in [0.717, 1.165) is 55.5 Å². The molecule has 0 aliphatic carbocycles. The second kappa shape index (κ2) is 9.13. The van der Waals surface area contributed by atoms with Crippen LogP contribution in [0.3, 0.4) is 0 Å². The fourth-order valence-corrected chi connectivity index (χ4v) is 7.23. The summed E-state index contributed by atoms with van der Waals surface area (Å²) in [6, 6.07) is 58.1. The van der Waals surface area contributed by atoms with Crippen LogP contribution in [0.2, 0.25) is 0 Å². The van der Waals surface area contributed by atoms with Crippen LogP contribution < -0.4 is 0 Å². The number of hydrogen-bond donors (Lipinski definition) is 0. The van der Waals surface area contributed by atoms with Crippen molar-refractivity contribution >= 4 is 65.6 Å². The van der Waals surface area contributed by atoms with Gasteiger partial charge in [0, 0.05) is 43.6 Å². The third-order valence-electron chi connectivity index (χ3n) is 9.16. The number of hydrogen-bond acceptors (Lipinski definition) is 1. The first-order valence-electron chi connectivity index (χ1n) is 15.2. The maximum Gasteiger partial charge on any atom is 0.143 e. The minimum atomic E-state index is 0.890. The molecule has 0 radical (unpaired) electrons. The highest BCUT2D eigenvalue weighted by atomic mass is 16.3. The van der Waals surface area contributed by atoms with Gasteiger partial charge in [0.15, 0.2) is 0 Å². The van der Waals surface area contributed by atoms with Crippen LogP contribution in [0.4, 0.5) is 0 Å². The molecule has 3 nitrogen and oxygen atoms in total. The second-order valence-electron chi connectivity index (χ2n) is 11.6. The van der Waals surface area contributed by atoms with Crippen LogP contribution in [0.25, 0.3) is 88.1 Å². The van der Waals surface area contributed by atoms with Crippen molar-refractivity contribution in [2.75, 3.05) is 0 Å². The predicted molar refractivity (Wildman–Crippen MR) is 186 cm³/mol. The molecule has 0 unspecified atom stereocenters. The van der Waals surface area contributed by atoms with Gasteiger partial charge in [-0.25, -0.2) is 0 Å². The lowest BCUT2D eigenvalue weighted by molar-refractivity contribution is 0.670. The molecule has 0 bridgehead atoms. The summed E-state index contributed by atoms with van der Waals surface area (Å²) in [4.78, 5) is 0. The SMILES string of the molecule is c1cccc(-n2c3ccccc3c3cc(-c4cc(-n5c6ccccc6c6ccccc65)cc5c4oc4ccccc45)ccc32)c#1. The van der Waals surface area contributed by atoms with Crippen LogP contribution in [0, 0.1) is 12.1 Å². The van der Waals surface area contributed by atoms with Crippen molar-refractivity contribution < 1.29 is 4.42 Å². The van der Waals surface area contributed by atoms with E-state index in [2.05, 4.69) is 149 Å². The van der Waals surface area contributed by atoms with Gasteiger partial charge in [-0.3, -0.25) is 0 Å². The molecule has 0 spiro atoms. The van der Waals surface area contributed by atoms with E-state index in [-0.39, 0.29) is 0 Å². The van der Waals surface area contributed by atoms with E-state index < -0.39 is 0 Å². The van der Waals surface area contributed by atoms with Gasteiger partial charge in [0.2, 0.25) is 0 Å². The Balaban J connectivity index is 1.31. The monoisotopic (exact) mass is 572 g/mol. The average Bonchev–Trinajstić information content (AvgIpc) is 3.76. The molecule has 0 atom stereocenters. The normalized spacial score (nSPS) is 11.8. The molecule has 45 heavy (non-hydrogen) atoms. The number of furan rings is 1. The highest BCUT2D eigenvalue weighted by Gasteiger charge is 2.19. The van der Waals surface area contributed by atoms with Gasteiger partial charge in [-0.2, -0.15) is 0 Å². The highest BCUT2D eigenvalue weighted by Crippen LogP contribution is 2.42. The predicted octanol–water partition coefficient (Wildman–Crippen LogP) is 11.0. The van der Waals surface area contributed by atoms with Crippen LogP contribution in [-0.2, 0) is 0 Å². The van der Waals surface area contributed by atoms with E-state index in [9.17, 15) is 0 Å². The maximum absolute atomic E-state index is 6.64. The van der Waals surface area contributed by atoms with Gasteiger partial charge in [0.25, 0.3) is 0 Å². The van der Waals surface area contributed by atoms with Crippen molar-refractivity contribution in [2.24, 2.45) is 0 Å². The van der Waals surface area contributed by atoms with Gasteiger partial charge in [0.1, 0.15) is 11.2 Å². The van der Waals surface area contributed by atoms with Gasteiger partial charge in [-0.1, -0.05) is 91.0 Å². The Morgan fingerprint density at radius 1 is 0.467 bits per heavy atom. The fraction of sp³-hybridized carbons (Fsp3) is 0. The molecule has 0 aliphatic rings. The Bertz CT molecular complexity index is 2710. The Labute approximate surface area is 258 Å². The smallest absolute Gasteiger partial charge is 0.143 e. The number of nitrogens with zero attached hydrogens (tertiary/aromatic N) is 2. The Morgan fingerprint density at radius 3 is 1.80 bits per heavy atom. The molecule has 3 heteroatoms. The highest BCUT2D eigenvalue weighted by molar-refractivity contribution is 6.15. The lowest BCUT2D eigenvalue weighted by Gasteiger charge is -2.12. The third-order valence-corrected chi connectivity index (χ3v) is 9.16. The molecule has 10 aromatic rings. The number of fused-ring (bicyclic) bond motifs is 9. The van der Waals surface area contributed by atoms with Gasteiger partial charge >= 0.3 is 0 Å². The van der Waals surface area contributed by atoms with E-state index in [4.69, 9.17) is 4.42 Å². The number of aromatic nitrogens is 2. The van der Waals surface area contributed by atoms with Crippen molar-refractivity contribution in [1.29, 1.82) is 0 Å². The minimum absolute atomic E-state index is 0.890. The topological polar surface area (TPSA) is 23.0 Å². The van der Waals surface area contributed by atoms with E-state index in [1.165, 1.54) is 32.6 Å². The molecule has 208 valence electrons. The average molecular weight is 573 g/mol. The Hall–Kier alpha value is -6.24. The zero-order valence-electron chi connectivity index (χ0n) is 24.2. The first kappa shape index (κ1) is 24.2. The van der Waals surface area contributed by atoms with Gasteiger partial charge in [0.05, 0.1) is 27.8 Å². The molecule has 3 aromatic heterocycles. The van der Waals surface area contributed by atoms with E-state index in [1.54, 1.807) is 0 Å². The minimum Gasteiger partial charge on any atom is -0.455 e. The molecular formula is C42H24N2O. The van der Waals surface area contributed by atoms with Crippen molar-refractivity contribution in [1.82, 2.24) is 9.13 Å². The summed E-state index contributed by atoms with van der Waals surface area (Å²) in [6.45, 7) is 0. The largest absolute Gasteiger partial charge is 0.455 e. The molecule has 0 fully saturated rings. The van der Waals surface area contributed by atoms with Crippen LogP contribution in [-0.4, -0.2) is 9.13 Å². The summed E-state index contributed by atoms with van der Waals surface area (Å²) in [6.07, 6.45) is 0. The number of para-hydroxylation sites is 4. The molecular weight excluding hydrogens is 548 g/mol. The Kier molecular flexibility index (Phi) is 4.92. The molecule has 0 saturated heterocycles. The lowest BCUT2D eigenvalue weighted by atomic mass is 9.99. The van der Waals surface area contributed by atoms with Gasteiger partial charge in [-0.15, -0.1) is 0 Å². The second-order valence-corrected chi connectivity index (χ2v) is 11.6. The molecule has 10 rings (SSSR count). The number of rotatable bonds is 3. The van der Waals surface area contributed by atoms with Crippen molar-refractivity contribution in [3.05, 3.63) is 158 Å². The van der Waals surface area contributed by atoms with E-state index in [0.29, 0.717) is 0 Å². The molecule has 0 aliphatic heterocycles. The fourth-order valence-electron chi connectivity index (χ4n) is 7.23. The van der Waals surface area contributed by atoms with Crippen molar-refractivity contribution in [3.63, 3.8) is 0 Å². The van der Waals surface area contributed by atoms with Crippen LogP contribution in [0.15, 0.2) is 150 Å². The van der Waals surface area contributed by atoms with Crippen LogP contribution in [0.1, 0.15) is 0 Å². The summed E-state index contributed by atoms with van der Waals surface area (Å²) in [5.41, 5.74) is 10.7. The van der Waals surface area contributed by atoms with Crippen LogP contribution >= 0.6 is 0 Å². The first-order chi connectivity index (χ1) is 22.3. The summed E-state index contributed by atoms with van der Waals surface area (Å²) in [5.74, 6) is 0. The first-order valence-corrected chi connectivity index (χ1v) is 15.2. The maximum atomic E-state index is 6.64. The van der Waals surface area contributed by atoms with E-state index >= 15 is 0 Å². The number of benzene rings is 6. The van der Waals surface area contributed by atoms with Crippen molar-refractivity contribution in [2.45, 2.75) is 0 Å².